The molecule has 0 N–H and O–H groups in total. The van der Waals surface area contributed by atoms with Crippen molar-refractivity contribution in [1.82, 2.24) is 4.90 Å². The smallest absolute Gasteiger partial charge is 0.231 e. The van der Waals surface area contributed by atoms with Crippen LogP contribution in [0.25, 0.3) is 0 Å². The molecule has 80 valence electrons. The van der Waals surface area contributed by atoms with Crippen LogP contribution in [0.3, 0.4) is 0 Å². The number of nitrogens with zero attached hydrogens (tertiary/aromatic N) is 1. The molecule has 0 fully saturated rings. The third kappa shape index (κ3) is 1.38. The third-order valence-corrected chi connectivity index (χ3v) is 3.38. The lowest BCUT2D eigenvalue weighted by Crippen LogP contribution is -2.34. The Kier molecular flexibility index (Phi) is 1.89. The molecule has 0 saturated carbocycles. The van der Waals surface area contributed by atoms with Gasteiger partial charge in [0.15, 0.2) is 11.5 Å². The highest BCUT2D eigenvalue weighted by molar-refractivity contribution is 5.49. The summed E-state index contributed by atoms with van der Waals surface area (Å²) < 4.78 is 10.8. The lowest BCUT2D eigenvalue weighted by Gasteiger charge is -2.31. The van der Waals surface area contributed by atoms with Gasteiger partial charge >= 0.3 is 0 Å². The number of rotatable bonds is 0. The van der Waals surface area contributed by atoms with Crippen LogP contribution in [-0.4, -0.2) is 24.8 Å². The van der Waals surface area contributed by atoms with E-state index in [9.17, 15) is 0 Å². The summed E-state index contributed by atoms with van der Waals surface area (Å²) in [5.41, 5.74) is 2.78. The average Bonchev–Trinajstić information content (AvgIpc) is 2.63. The highest BCUT2D eigenvalue weighted by atomic mass is 16.7. The zero-order valence-corrected chi connectivity index (χ0v) is 9.12. The van der Waals surface area contributed by atoms with Gasteiger partial charge in [-0.1, -0.05) is 0 Å². The summed E-state index contributed by atoms with van der Waals surface area (Å²) >= 11 is 0. The second kappa shape index (κ2) is 3.14. The van der Waals surface area contributed by atoms with Crippen molar-refractivity contribution >= 4 is 0 Å². The van der Waals surface area contributed by atoms with Gasteiger partial charge in [-0.05, 0) is 43.7 Å². The van der Waals surface area contributed by atoms with Crippen molar-refractivity contribution in [2.45, 2.75) is 25.9 Å². The summed E-state index contributed by atoms with van der Waals surface area (Å²) in [5, 5.41) is 0. The number of likely N-dealkylation sites (N-methyl/N-ethyl adjacent to an activating group) is 1. The predicted octanol–water partition coefficient (Wildman–Crippen LogP) is 1.79. The molecular formula is C12H15NO2. The first kappa shape index (κ1) is 9.04. The van der Waals surface area contributed by atoms with Gasteiger partial charge in [-0.2, -0.15) is 0 Å². The van der Waals surface area contributed by atoms with Crippen molar-refractivity contribution in [2.75, 3.05) is 13.8 Å². The van der Waals surface area contributed by atoms with E-state index in [1.54, 1.807) is 0 Å². The number of fused-ring (bicyclic) bond motifs is 2. The normalized spacial score (nSPS) is 24.0. The van der Waals surface area contributed by atoms with E-state index in [1.165, 1.54) is 11.1 Å². The van der Waals surface area contributed by atoms with Crippen molar-refractivity contribution in [3.05, 3.63) is 23.3 Å². The standard InChI is InChI=1S/C12H15NO2/c1-8-3-9-4-11-12(15-7-14-11)5-10(9)6-13(8)2/h4-5,8H,3,6-7H2,1-2H3/t8-/m1/s1. The topological polar surface area (TPSA) is 21.7 Å². The first-order valence-corrected chi connectivity index (χ1v) is 5.35. The predicted molar refractivity (Wildman–Crippen MR) is 57.2 cm³/mol. The lowest BCUT2D eigenvalue weighted by molar-refractivity contribution is 0.174. The van der Waals surface area contributed by atoms with Gasteiger partial charge in [0.2, 0.25) is 6.79 Å². The minimum Gasteiger partial charge on any atom is -0.454 e. The van der Waals surface area contributed by atoms with Crippen molar-refractivity contribution in [3.8, 4) is 11.5 Å². The molecule has 2 heterocycles. The van der Waals surface area contributed by atoms with E-state index < -0.39 is 0 Å². The van der Waals surface area contributed by atoms with Crippen LogP contribution in [0.5, 0.6) is 11.5 Å². The van der Waals surface area contributed by atoms with Crippen LogP contribution < -0.4 is 9.47 Å². The Balaban J connectivity index is 2.04. The third-order valence-electron chi connectivity index (χ3n) is 3.38. The molecule has 3 rings (SSSR count). The minimum absolute atomic E-state index is 0.365. The van der Waals surface area contributed by atoms with E-state index in [2.05, 4.69) is 31.0 Å². The van der Waals surface area contributed by atoms with Crippen molar-refractivity contribution in [2.24, 2.45) is 0 Å². The molecule has 3 nitrogen and oxygen atoms in total. The molecule has 1 aromatic rings. The molecule has 0 amide bonds. The largest absolute Gasteiger partial charge is 0.454 e. The van der Waals surface area contributed by atoms with E-state index in [0.29, 0.717) is 12.8 Å². The Morgan fingerprint density at radius 1 is 1.20 bits per heavy atom. The second-order valence-electron chi connectivity index (χ2n) is 4.44. The van der Waals surface area contributed by atoms with Crippen molar-refractivity contribution in [3.63, 3.8) is 0 Å². The molecular weight excluding hydrogens is 190 g/mol. The zero-order chi connectivity index (χ0) is 10.4. The number of benzene rings is 1. The van der Waals surface area contributed by atoms with E-state index in [0.717, 1.165) is 24.5 Å². The maximum atomic E-state index is 5.39. The molecule has 0 bridgehead atoms. The first-order valence-electron chi connectivity index (χ1n) is 5.35. The Labute approximate surface area is 89.6 Å². The van der Waals surface area contributed by atoms with Gasteiger partial charge in [-0.25, -0.2) is 0 Å². The van der Waals surface area contributed by atoms with Crippen molar-refractivity contribution in [1.29, 1.82) is 0 Å². The van der Waals surface area contributed by atoms with E-state index in [4.69, 9.17) is 9.47 Å². The molecule has 0 radical (unpaired) electrons. The van der Waals surface area contributed by atoms with Crippen LogP contribution in [0.1, 0.15) is 18.1 Å². The summed E-state index contributed by atoms with van der Waals surface area (Å²) in [6.45, 7) is 3.63. The summed E-state index contributed by atoms with van der Waals surface area (Å²) in [6, 6.07) is 4.87. The molecule has 1 atom stereocenters. The molecule has 0 saturated heterocycles. The molecule has 3 heteroatoms. The molecule has 2 aliphatic rings. The quantitative estimate of drug-likeness (QED) is 0.644. The van der Waals surface area contributed by atoms with Gasteiger partial charge in [0.25, 0.3) is 0 Å². The highest BCUT2D eigenvalue weighted by Gasteiger charge is 2.24. The minimum atomic E-state index is 0.365. The monoisotopic (exact) mass is 205 g/mol. The molecule has 1 aromatic carbocycles. The maximum Gasteiger partial charge on any atom is 0.231 e. The lowest BCUT2D eigenvalue weighted by atomic mass is 9.95. The molecule has 15 heavy (non-hydrogen) atoms. The van der Waals surface area contributed by atoms with Crippen LogP contribution in [0, 0.1) is 0 Å². The van der Waals surface area contributed by atoms with Gasteiger partial charge < -0.3 is 9.47 Å². The molecule has 0 spiro atoms. The van der Waals surface area contributed by atoms with Crippen LogP contribution >= 0.6 is 0 Å². The molecule has 0 unspecified atom stereocenters. The number of hydrogen-bond acceptors (Lipinski definition) is 3. The van der Waals surface area contributed by atoms with Gasteiger partial charge in [0.05, 0.1) is 0 Å². The van der Waals surface area contributed by atoms with Gasteiger partial charge in [-0.3, -0.25) is 4.90 Å². The Bertz CT molecular complexity index is 366. The Hall–Kier alpha value is -1.22. The summed E-state index contributed by atoms with van der Waals surface area (Å²) in [6.07, 6.45) is 1.10. The summed E-state index contributed by atoms with van der Waals surface area (Å²) in [4.78, 5) is 2.37. The van der Waals surface area contributed by atoms with E-state index in [-0.39, 0.29) is 0 Å². The van der Waals surface area contributed by atoms with Crippen molar-refractivity contribution < 1.29 is 9.47 Å². The average molecular weight is 205 g/mol. The molecule has 2 aliphatic heterocycles. The van der Waals surface area contributed by atoms with Crippen LogP contribution in [0.4, 0.5) is 0 Å². The van der Waals surface area contributed by atoms with Gasteiger partial charge in [-0.15, -0.1) is 0 Å². The fraction of sp³-hybridized carbons (Fsp3) is 0.500. The summed E-state index contributed by atoms with van der Waals surface area (Å²) in [5.74, 6) is 1.81. The van der Waals surface area contributed by atoms with Crippen LogP contribution in [-0.2, 0) is 13.0 Å². The fourth-order valence-electron chi connectivity index (χ4n) is 2.26. The van der Waals surface area contributed by atoms with E-state index in [1.807, 2.05) is 0 Å². The molecule has 0 aromatic heterocycles. The fourth-order valence-corrected chi connectivity index (χ4v) is 2.26. The molecule has 0 aliphatic carbocycles. The zero-order valence-electron chi connectivity index (χ0n) is 9.12. The van der Waals surface area contributed by atoms with Gasteiger partial charge in [0.1, 0.15) is 0 Å². The Morgan fingerprint density at radius 3 is 2.60 bits per heavy atom. The van der Waals surface area contributed by atoms with E-state index >= 15 is 0 Å². The maximum absolute atomic E-state index is 5.39. The number of ether oxygens (including phenoxy) is 2. The van der Waals surface area contributed by atoms with Crippen LogP contribution in [0.2, 0.25) is 0 Å². The second-order valence-corrected chi connectivity index (χ2v) is 4.44. The van der Waals surface area contributed by atoms with Crippen LogP contribution in [0.15, 0.2) is 12.1 Å². The summed E-state index contributed by atoms with van der Waals surface area (Å²) in [7, 11) is 2.16. The highest BCUT2D eigenvalue weighted by Crippen LogP contribution is 2.37. The SMILES string of the molecule is C[C@@H]1Cc2cc3c(cc2CN1C)OCO3. The first-order chi connectivity index (χ1) is 7.24. The Morgan fingerprint density at radius 2 is 1.87 bits per heavy atom. The van der Waals surface area contributed by atoms with Gasteiger partial charge in [0, 0.05) is 12.6 Å². The number of hydrogen-bond donors (Lipinski definition) is 0.